The van der Waals surface area contributed by atoms with Crippen molar-refractivity contribution in [3.63, 3.8) is 0 Å². The number of rotatable bonds is 1. The van der Waals surface area contributed by atoms with Crippen molar-refractivity contribution in [3.05, 3.63) is 140 Å². The highest BCUT2D eigenvalue weighted by Crippen LogP contribution is 2.50. The molecule has 0 fully saturated rings. The van der Waals surface area contributed by atoms with Gasteiger partial charge in [0, 0.05) is 58.2 Å². The summed E-state index contributed by atoms with van der Waals surface area (Å²) >= 11 is 1.86. The number of hydrogen-bond acceptors (Lipinski definition) is 2. The highest BCUT2D eigenvalue weighted by molar-refractivity contribution is 7.25. The molecule has 8 aromatic carbocycles. The molecule has 0 atom stereocenters. The highest BCUT2D eigenvalue weighted by Gasteiger charge is 2.25. The fraction of sp³-hybridized carbons (Fsp3) is 0. The van der Waals surface area contributed by atoms with E-state index in [0.717, 1.165) is 27.8 Å². The molecule has 208 valence electrons. The Morgan fingerprint density at radius 2 is 1.00 bits per heavy atom. The van der Waals surface area contributed by atoms with Crippen molar-refractivity contribution >= 4 is 108 Å². The Kier molecular flexibility index (Phi) is 4.49. The Morgan fingerprint density at radius 3 is 1.78 bits per heavy atom. The molecule has 0 unspecified atom stereocenters. The first-order valence-electron chi connectivity index (χ1n) is 15.4. The van der Waals surface area contributed by atoms with Gasteiger partial charge in [-0.3, -0.25) is 0 Å². The minimum Gasteiger partial charge on any atom is -0.454 e. The number of hydrogen-bond donors (Lipinski definition) is 0. The molecule has 0 saturated carbocycles. The summed E-state index contributed by atoms with van der Waals surface area (Å²) in [6.07, 6.45) is 0. The summed E-state index contributed by atoms with van der Waals surface area (Å²) in [4.78, 5) is 0. The number of benzene rings is 8. The highest BCUT2D eigenvalue weighted by atomic mass is 32.1. The number of aromatic nitrogens is 1. The van der Waals surface area contributed by atoms with E-state index < -0.39 is 0 Å². The molecule has 0 aliphatic carbocycles. The Labute approximate surface area is 260 Å². The summed E-state index contributed by atoms with van der Waals surface area (Å²) in [5, 5.41) is 15.0. The van der Waals surface area contributed by atoms with Crippen LogP contribution in [0.2, 0.25) is 0 Å². The summed E-state index contributed by atoms with van der Waals surface area (Å²) in [6.45, 7) is 0. The van der Waals surface area contributed by atoms with E-state index in [1.807, 2.05) is 11.3 Å². The van der Waals surface area contributed by atoms with Crippen LogP contribution in [0.5, 0.6) is 0 Å². The summed E-state index contributed by atoms with van der Waals surface area (Å²) in [7, 11) is 0. The van der Waals surface area contributed by atoms with Gasteiger partial charge in [-0.25, -0.2) is 0 Å². The number of para-hydroxylation sites is 2. The number of furan rings is 1. The molecule has 0 spiro atoms. The van der Waals surface area contributed by atoms with Crippen LogP contribution in [-0.4, -0.2) is 4.57 Å². The molecular weight excluding hydrogens is 567 g/mol. The Balaban J connectivity index is 1.47. The number of thiophene rings is 1. The van der Waals surface area contributed by atoms with Gasteiger partial charge in [0.1, 0.15) is 5.58 Å². The summed E-state index contributed by atoms with van der Waals surface area (Å²) in [5.74, 6) is 0. The average Bonchev–Trinajstić information content (AvgIpc) is 3.78. The molecule has 45 heavy (non-hydrogen) atoms. The van der Waals surface area contributed by atoms with E-state index in [-0.39, 0.29) is 0 Å². The monoisotopic (exact) mass is 589 g/mol. The molecule has 11 rings (SSSR count). The summed E-state index contributed by atoms with van der Waals surface area (Å²) in [5.41, 5.74) is 5.29. The van der Waals surface area contributed by atoms with Gasteiger partial charge in [0.2, 0.25) is 0 Å². The Bertz CT molecular complexity index is 3050. The summed E-state index contributed by atoms with van der Waals surface area (Å²) < 4.78 is 12.0. The van der Waals surface area contributed by atoms with Gasteiger partial charge in [-0.2, -0.15) is 0 Å². The fourth-order valence-corrected chi connectivity index (χ4v) is 9.04. The molecule has 2 nitrogen and oxygen atoms in total. The average molecular weight is 590 g/mol. The van der Waals surface area contributed by atoms with Crippen LogP contribution in [0, 0.1) is 0 Å². The second-order valence-corrected chi connectivity index (χ2v) is 13.1. The van der Waals surface area contributed by atoms with Crippen LogP contribution in [-0.2, 0) is 0 Å². The summed E-state index contributed by atoms with van der Waals surface area (Å²) in [6, 6.07) is 50.8. The van der Waals surface area contributed by atoms with Crippen LogP contribution in [0.3, 0.4) is 0 Å². The van der Waals surface area contributed by atoms with Gasteiger partial charge in [-0.05, 0) is 57.9 Å². The third kappa shape index (κ3) is 2.98. The van der Waals surface area contributed by atoms with E-state index in [0.29, 0.717) is 0 Å². The van der Waals surface area contributed by atoms with Crippen molar-refractivity contribution in [1.29, 1.82) is 0 Å². The van der Waals surface area contributed by atoms with E-state index in [9.17, 15) is 0 Å². The Hall–Kier alpha value is -5.64. The van der Waals surface area contributed by atoms with Crippen LogP contribution >= 0.6 is 11.3 Å². The molecular formula is C42H23NOS. The third-order valence-corrected chi connectivity index (χ3v) is 10.9. The van der Waals surface area contributed by atoms with Gasteiger partial charge < -0.3 is 8.98 Å². The minimum absolute atomic E-state index is 0.912. The van der Waals surface area contributed by atoms with Crippen molar-refractivity contribution in [2.45, 2.75) is 0 Å². The van der Waals surface area contributed by atoms with Crippen LogP contribution in [0.25, 0.3) is 102 Å². The van der Waals surface area contributed by atoms with E-state index in [1.165, 1.54) is 74.2 Å². The lowest BCUT2D eigenvalue weighted by Gasteiger charge is -2.14. The number of fused-ring (bicyclic) bond motifs is 18. The first kappa shape index (κ1) is 23.8. The topological polar surface area (TPSA) is 18.1 Å². The van der Waals surface area contributed by atoms with Gasteiger partial charge >= 0.3 is 0 Å². The van der Waals surface area contributed by atoms with Gasteiger partial charge in [0.25, 0.3) is 0 Å². The maximum absolute atomic E-state index is 6.95. The lowest BCUT2D eigenvalue weighted by molar-refractivity contribution is 0.671. The van der Waals surface area contributed by atoms with E-state index >= 15 is 0 Å². The zero-order valence-electron chi connectivity index (χ0n) is 24.0. The maximum atomic E-state index is 6.95. The van der Waals surface area contributed by atoms with Crippen LogP contribution in [0.1, 0.15) is 0 Å². The Morgan fingerprint density at radius 1 is 0.422 bits per heavy atom. The van der Waals surface area contributed by atoms with Crippen molar-refractivity contribution in [3.8, 4) is 5.69 Å². The normalized spacial score (nSPS) is 12.4. The minimum atomic E-state index is 0.912. The largest absolute Gasteiger partial charge is 0.454 e. The molecule has 3 aromatic heterocycles. The second-order valence-electron chi connectivity index (χ2n) is 12.0. The molecule has 0 bridgehead atoms. The van der Waals surface area contributed by atoms with Gasteiger partial charge in [-0.15, -0.1) is 11.3 Å². The van der Waals surface area contributed by atoms with E-state index in [1.54, 1.807) is 0 Å². The molecule has 11 aromatic rings. The maximum Gasteiger partial charge on any atom is 0.160 e. The molecule has 0 saturated heterocycles. The smallest absolute Gasteiger partial charge is 0.160 e. The third-order valence-electron chi connectivity index (χ3n) is 9.74. The lowest BCUT2D eigenvalue weighted by Crippen LogP contribution is -1.94. The van der Waals surface area contributed by atoms with Gasteiger partial charge in [0.05, 0.1) is 11.0 Å². The zero-order chi connectivity index (χ0) is 29.2. The molecule has 0 amide bonds. The number of nitrogens with zero attached hydrogens (tertiary/aromatic N) is 1. The van der Waals surface area contributed by atoms with Crippen LogP contribution in [0.4, 0.5) is 0 Å². The molecule has 0 aliphatic rings. The van der Waals surface area contributed by atoms with Gasteiger partial charge in [0.15, 0.2) is 5.58 Å². The molecule has 0 N–H and O–H groups in total. The molecule has 3 heteroatoms. The van der Waals surface area contributed by atoms with Crippen molar-refractivity contribution in [2.75, 3.05) is 0 Å². The predicted octanol–water partition coefficient (Wildman–Crippen LogP) is 12.5. The van der Waals surface area contributed by atoms with Crippen LogP contribution in [0.15, 0.2) is 144 Å². The standard InChI is InChI=1S/C42H23NOS/c1-3-14-28-25(11-1)26-12-2-4-15-29(26)38-37(28)39-30-16-5-8-18-33(30)43(41(39)42-40(38)31-17-6-9-19-34(31)44-42)24-21-22-36-32(23-24)27-13-7-10-20-35(27)45-36/h1-23H. The van der Waals surface area contributed by atoms with Gasteiger partial charge in [-0.1, -0.05) is 103 Å². The molecule has 0 radical (unpaired) electrons. The molecule has 0 aliphatic heterocycles. The fourth-order valence-electron chi connectivity index (χ4n) is 7.95. The SMILES string of the molecule is c1ccc2c(c1)oc1c2c2c3ccccc3c3ccccc3c2c2c3ccccc3n(-c3ccc4sc5ccccc5c4c3)c12. The molecule has 3 heterocycles. The van der Waals surface area contributed by atoms with Crippen LogP contribution < -0.4 is 0 Å². The van der Waals surface area contributed by atoms with Crippen molar-refractivity contribution in [2.24, 2.45) is 0 Å². The first-order valence-corrected chi connectivity index (χ1v) is 16.2. The van der Waals surface area contributed by atoms with E-state index in [2.05, 4.69) is 144 Å². The first-order chi connectivity index (χ1) is 22.3. The quantitative estimate of drug-likeness (QED) is 0.174. The lowest BCUT2D eigenvalue weighted by atomic mass is 9.89. The zero-order valence-corrected chi connectivity index (χ0v) is 24.9. The second kappa shape index (κ2) is 8.50. The van der Waals surface area contributed by atoms with E-state index in [4.69, 9.17) is 4.42 Å². The predicted molar refractivity (Wildman–Crippen MR) is 193 cm³/mol. The van der Waals surface area contributed by atoms with Crippen molar-refractivity contribution in [1.82, 2.24) is 4.57 Å². The van der Waals surface area contributed by atoms with Crippen molar-refractivity contribution < 1.29 is 4.42 Å².